The quantitative estimate of drug-likeness (QED) is 0.683. The van der Waals surface area contributed by atoms with E-state index in [4.69, 9.17) is 9.97 Å². The number of benzene rings is 2. The molecular weight excluding hydrogens is 334 g/mol. The monoisotopic (exact) mass is 361 g/mol. The molecule has 0 saturated carbocycles. The molecule has 4 rings (SSSR count). The number of aromatic nitrogens is 2. The number of aromatic hydroxyl groups is 1. The van der Waals surface area contributed by atoms with Gasteiger partial charge >= 0.3 is 0 Å². The summed E-state index contributed by atoms with van der Waals surface area (Å²) in [5.74, 6) is 2.47. The van der Waals surface area contributed by atoms with Gasteiger partial charge in [0.1, 0.15) is 11.6 Å². The van der Waals surface area contributed by atoms with Gasteiger partial charge in [0, 0.05) is 18.0 Å². The van der Waals surface area contributed by atoms with E-state index in [2.05, 4.69) is 43.9 Å². The zero-order valence-corrected chi connectivity index (χ0v) is 16.3. The van der Waals surface area contributed by atoms with Crippen molar-refractivity contribution >= 4 is 16.7 Å². The van der Waals surface area contributed by atoms with Gasteiger partial charge in [-0.05, 0) is 61.9 Å². The smallest absolute Gasteiger partial charge is 0.165 e. The van der Waals surface area contributed by atoms with Crippen LogP contribution in [0.3, 0.4) is 0 Å². The zero-order chi connectivity index (χ0) is 19.0. The van der Waals surface area contributed by atoms with Crippen molar-refractivity contribution in [3.8, 4) is 17.1 Å². The third-order valence-corrected chi connectivity index (χ3v) is 5.37. The minimum atomic E-state index is 0.218. The lowest BCUT2D eigenvalue weighted by Gasteiger charge is -2.28. The van der Waals surface area contributed by atoms with Gasteiger partial charge in [-0.25, -0.2) is 9.97 Å². The number of hydrogen-bond donors (Lipinski definition) is 1. The summed E-state index contributed by atoms with van der Waals surface area (Å²) in [5, 5.41) is 11.4. The molecule has 1 aromatic heterocycles. The second-order valence-electron chi connectivity index (χ2n) is 8.03. The van der Waals surface area contributed by atoms with Gasteiger partial charge in [-0.15, -0.1) is 0 Å². The first-order valence-corrected chi connectivity index (χ1v) is 9.86. The highest BCUT2D eigenvalue weighted by molar-refractivity contribution is 5.92. The molecule has 0 aliphatic carbocycles. The molecule has 3 aromatic rings. The Labute approximate surface area is 160 Å². The molecule has 0 radical (unpaired) electrons. The fourth-order valence-corrected chi connectivity index (χ4v) is 4.13. The van der Waals surface area contributed by atoms with E-state index in [1.165, 1.54) is 24.8 Å². The van der Waals surface area contributed by atoms with Crippen molar-refractivity contribution in [3.05, 3.63) is 48.0 Å². The van der Waals surface area contributed by atoms with E-state index < -0.39 is 0 Å². The van der Waals surface area contributed by atoms with Crippen LogP contribution in [0.1, 0.15) is 38.7 Å². The van der Waals surface area contributed by atoms with Crippen LogP contribution < -0.4 is 4.90 Å². The second-order valence-corrected chi connectivity index (χ2v) is 8.03. The molecule has 0 unspecified atom stereocenters. The Bertz CT molecular complexity index is 967. The van der Waals surface area contributed by atoms with Crippen LogP contribution in [0, 0.1) is 12.8 Å². The number of rotatable bonds is 4. The molecule has 0 amide bonds. The predicted molar refractivity (Wildman–Crippen MR) is 111 cm³/mol. The Morgan fingerprint density at radius 1 is 1.15 bits per heavy atom. The molecule has 1 aliphatic heterocycles. The van der Waals surface area contributed by atoms with Crippen LogP contribution in [0.25, 0.3) is 22.3 Å². The van der Waals surface area contributed by atoms with Crippen molar-refractivity contribution in [2.24, 2.45) is 5.92 Å². The summed E-state index contributed by atoms with van der Waals surface area (Å²) >= 11 is 0. The van der Waals surface area contributed by atoms with Gasteiger partial charge < -0.3 is 10.0 Å². The normalized spacial score (nSPS) is 17.2. The molecule has 2 aromatic carbocycles. The van der Waals surface area contributed by atoms with Crippen LogP contribution in [0.5, 0.6) is 5.75 Å². The van der Waals surface area contributed by atoms with Gasteiger partial charge in [-0.1, -0.05) is 32.0 Å². The van der Waals surface area contributed by atoms with Gasteiger partial charge in [0.2, 0.25) is 0 Å². The summed E-state index contributed by atoms with van der Waals surface area (Å²) in [6.07, 6.45) is 3.57. The maximum Gasteiger partial charge on any atom is 0.165 e. The van der Waals surface area contributed by atoms with E-state index in [1.54, 1.807) is 6.07 Å². The molecule has 1 saturated heterocycles. The summed E-state index contributed by atoms with van der Waals surface area (Å²) in [7, 11) is 0. The third kappa shape index (κ3) is 3.48. The number of aryl methyl sites for hydroxylation is 1. The average Bonchev–Trinajstić information content (AvgIpc) is 3.08. The maximum atomic E-state index is 10.3. The fraction of sp³-hybridized carbons (Fsp3) is 0.391. The van der Waals surface area contributed by atoms with Gasteiger partial charge in [-0.2, -0.15) is 0 Å². The number of phenols is 1. The van der Waals surface area contributed by atoms with Crippen molar-refractivity contribution in [1.82, 2.24) is 9.97 Å². The number of nitrogens with zero attached hydrogens (tertiary/aromatic N) is 3. The highest BCUT2D eigenvalue weighted by Crippen LogP contribution is 2.36. The van der Waals surface area contributed by atoms with E-state index in [0.29, 0.717) is 23.3 Å². The minimum absolute atomic E-state index is 0.218. The summed E-state index contributed by atoms with van der Waals surface area (Å²) in [6.45, 7) is 7.67. The Morgan fingerprint density at radius 3 is 2.74 bits per heavy atom. The topological polar surface area (TPSA) is 49.2 Å². The molecule has 4 heteroatoms. The predicted octanol–water partition coefficient (Wildman–Crippen LogP) is 5.33. The van der Waals surface area contributed by atoms with E-state index in [9.17, 15) is 5.11 Å². The van der Waals surface area contributed by atoms with E-state index in [-0.39, 0.29) is 5.75 Å². The number of hydrogen-bond acceptors (Lipinski definition) is 4. The fourth-order valence-electron chi connectivity index (χ4n) is 4.13. The highest BCUT2D eigenvalue weighted by atomic mass is 16.3. The third-order valence-electron chi connectivity index (χ3n) is 5.37. The number of anilines is 1. The molecule has 4 nitrogen and oxygen atoms in total. The number of fused-ring (bicyclic) bond motifs is 1. The minimum Gasteiger partial charge on any atom is -0.507 e. The zero-order valence-electron chi connectivity index (χ0n) is 16.3. The largest absolute Gasteiger partial charge is 0.507 e. The molecule has 27 heavy (non-hydrogen) atoms. The molecule has 1 N–H and O–H groups in total. The maximum absolute atomic E-state index is 10.3. The lowest BCUT2D eigenvalue weighted by molar-refractivity contribution is 0.477. The molecule has 140 valence electrons. The van der Waals surface area contributed by atoms with Crippen LogP contribution in [-0.2, 0) is 0 Å². The summed E-state index contributed by atoms with van der Waals surface area (Å²) < 4.78 is 0. The van der Waals surface area contributed by atoms with Crippen molar-refractivity contribution < 1.29 is 5.11 Å². The van der Waals surface area contributed by atoms with Crippen molar-refractivity contribution in [1.29, 1.82) is 0 Å². The molecule has 0 bridgehead atoms. The first-order valence-electron chi connectivity index (χ1n) is 9.86. The summed E-state index contributed by atoms with van der Waals surface area (Å²) in [4.78, 5) is 12.2. The van der Waals surface area contributed by atoms with E-state index >= 15 is 0 Å². The van der Waals surface area contributed by atoms with E-state index in [1.807, 2.05) is 18.2 Å². The van der Waals surface area contributed by atoms with Crippen LogP contribution >= 0.6 is 0 Å². The van der Waals surface area contributed by atoms with E-state index in [0.717, 1.165) is 23.3 Å². The lowest BCUT2D eigenvalue weighted by atomic mass is 10.0. The Balaban J connectivity index is 1.89. The molecule has 2 heterocycles. The molecule has 0 spiro atoms. The molecule has 1 fully saturated rings. The summed E-state index contributed by atoms with van der Waals surface area (Å²) in [6, 6.07) is 14.2. The number of para-hydroxylation sites is 1. The van der Waals surface area contributed by atoms with Gasteiger partial charge in [0.25, 0.3) is 0 Å². The van der Waals surface area contributed by atoms with Crippen molar-refractivity contribution in [3.63, 3.8) is 0 Å². The molecular formula is C23H27N3O. The van der Waals surface area contributed by atoms with Gasteiger partial charge in [-0.3, -0.25) is 0 Å². The summed E-state index contributed by atoms with van der Waals surface area (Å²) in [5.41, 5.74) is 2.80. The van der Waals surface area contributed by atoms with Gasteiger partial charge in [0.15, 0.2) is 5.82 Å². The highest BCUT2D eigenvalue weighted by Gasteiger charge is 2.28. The second kappa shape index (κ2) is 7.18. The number of phenolic OH excluding ortho intramolecular Hbond substituents is 1. The van der Waals surface area contributed by atoms with Crippen LogP contribution in [-0.4, -0.2) is 27.7 Å². The Morgan fingerprint density at radius 2 is 1.96 bits per heavy atom. The van der Waals surface area contributed by atoms with Gasteiger partial charge in [0.05, 0.1) is 11.1 Å². The van der Waals surface area contributed by atoms with Crippen LogP contribution in [0.15, 0.2) is 42.5 Å². The van der Waals surface area contributed by atoms with Crippen molar-refractivity contribution in [2.75, 3.05) is 11.4 Å². The Hall–Kier alpha value is -2.62. The standard InChI is InChI=1S/C23H27N3O/c1-15(2)13-17-7-6-12-26(17)23-18-11-10-16(3)14-20(18)24-22(25-23)19-8-4-5-9-21(19)27/h4-5,8-11,14-15,17,27H,6-7,12-13H2,1-3H3/t17-/m1/s1. The molecule has 1 aliphatic rings. The average molecular weight is 361 g/mol. The first-order chi connectivity index (χ1) is 13.0. The van der Waals surface area contributed by atoms with Crippen LogP contribution in [0.2, 0.25) is 0 Å². The van der Waals surface area contributed by atoms with Crippen LogP contribution in [0.4, 0.5) is 5.82 Å². The Kier molecular flexibility index (Phi) is 4.73. The lowest BCUT2D eigenvalue weighted by Crippen LogP contribution is -2.31. The molecule has 1 atom stereocenters. The SMILES string of the molecule is Cc1ccc2c(N3CCC[C@@H]3CC(C)C)nc(-c3ccccc3O)nc2c1. The van der Waals surface area contributed by atoms with Crippen molar-refractivity contribution in [2.45, 2.75) is 46.1 Å². The first kappa shape index (κ1) is 17.8.